The number of carbonyl (C=O) groups excluding carboxylic acids is 1. The molecule has 2 rings (SSSR count). The molecule has 3 nitrogen and oxygen atoms in total. The Morgan fingerprint density at radius 3 is 2.84 bits per heavy atom. The van der Waals surface area contributed by atoms with E-state index in [1.807, 2.05) is 0 Å². The summed E-state index contributed by atoms with van der Waals surface area (Å²) >= 11 is 0. The highest BCUT2D eigenvalue weighted by Gasteiger charge is 2.23. The summed E-state index contributed by atoms with van der Waals surface area (Å²) in [5, 5.41) is 12.3. The van der Waals surface area contributed by atoms with Crippen molar-refractivity contribution in [3.05, 3.63) is 29.6 Å². The number of benzene rings is 1. The van der Waals surface area contributed by atoms with Gasteiger partial charge >= 0.3 is 0 Å². The standard InChI is InChI=1S/C15H20FNO2/c1-10-5-2-3-6-11(10)9-17-15(19)14-12(16)7-4-8-13(14)18/h4,7-8,10-11,18H,2-3,5-6,9H2,1H3,(H,17,19). The maximum Gasteiger partial charge on any atom is 0.258 e. The van der Waals surface area contributed by atoms with Gasteiger partial charge in [-0.3, -0.25) is 4.79 Å². The molecule has 2 unspecified atom stereocenters. The number of amides is 1. The van der Waals surface area contributed by atoms with Crippen LogP contribution < -0.4 is 5.32 Å². The molecule has 1 aromatic carbocycles. The summed E-state index contributed by atoms with van der Waals surface area (Å²) in [7, 11) is 0. The molecule has 2 atom stereocenters. The van der Waals surface area contributed by atoms with Crippen LogP contribution in [0.5, 0.6) is 5.75 Å². The van der Waals surface area contributed by atoms with Gasteiger partial charge in [0, 0.05) is 6.54 Å². The van der Waals surface area contributed by atoms with E-state index in [0.29, 0.717) is 18.4 Å². The second-order valence-corrected chi connectivity index (χ2v) is 5.37. The molecular formula is C15H20FNO2. The van der Waals surface area contributed by atoms with E-state index in [1.165, 1.54) is 37.5 Å². The minimum absolute atomic E-state index is 0.258. The van der Waals surface area contributed by atoms with Crippen molar-refractivity contribution in [2.75, 3.05) is 6.54 Å². The number of aromatic hydroxyl groups is 1. The van der Waals surface area contributed by atoms with Gasteiger partial charge in [-0.15, -0.1) is 0 Å². The Morgan fingerprint density at radius 1 is 1.42 bits per heavy atom. The summed E-state index contributed by atoms with van der Waals surface area (Å²) in [6, 6.07) is 3.88. The Balaban J connectivity index is 1.97. The van der Waals surface area contributed by atoms with E-state index >= 15 is 0 Å². The zero-order valence-electron chi connectivity index (χ0n) is 11.2. The molecule has 0 heterocycles. The Labute approximate surface area is 112 Å². The van der Waals surface area contributed by atoms with Crippen LogP contribution in [0.1, 0.15) is 43.0 Å². The van der Waals surface area contributed by atoms with Crippen LogP contribution in [-0.2, 0) is 0 Å². The molecule has 0 aromatic heterocycles. The van der Waals surface area contributed by atoms with Crippen molar-refractivity contribution in [3.8, 4) is 5.75 Å². The molecule has 0 spiro atoms. The minimum atomic E-state index is -0.686. The summed E-state index contributed by atoms with van der Waals surface area (Å²) in [5.41, 5.74) is -0.258. The van der Waals surface area contributed by atoms with Gasteiger partial charge in [0.25, 0.3) is 5.91 Å². The Morgan fingerprint density at radius 2 is 2.16 bits per heavy atom. The number of rotatable bonds is 3. The molecule has 19 heavy (non-hydrogen) atoms. The minimum Gasteiger partial charge on any atom is -0.507 e. The van der Waals surface area contributed by atoms with Crippen molar-refractivity contribution in [2.24, 2.45) is 11.8 Å². The van der Waals surface area contributed by atoms with Crippen molar-refractivity contribution in [2.45, 2.75) is 32.6 Å². The Hall–Kier alpha value is -1.58. The summed E-state index contributed by atoms with van der Waals surface area (Å²) in [4.78, 5) is 11.9. The number of hydrogen-bond acceptors (Lipinski definition) is 2. The summed E-state index contributed by atoms with van der Waals surface area (Å²) in [5.74, 6) is -0.494. The second-order valence-electron chi connectivity index (χ2n) is 5.37. The smallest absolute Gasteiger partial charge is 0.258 e. The van der Waals surface area contributed by atoms with E-state index in [1.54, 1.807) is 0 Å². The number of phenols is 1. The highest BCUT2D eigenvalue weighted by atomic mass is 19.1. The van der Waals surface area contributed by atoms with Gasteiger partial charge in [0.05, 0.1) is 0 Å². The second kappa shape index (κ2) is 6.04. The molecule has 0 saturated heterocycles. The van der Waals surface area contributed by atoms with Crippen LogP contribution in [0, 0.1) is 17.7 Å². The van der Waals surface area contributed by atoms with Crippen molar-refractivity contribution >= 4 is 5.91 Å². The van der Waals surface area contributed by atoms with Gasteiger partial charge in [-0.2, -0.15) is 0 Å². The Bertz CT molecular complexity index is 441. The quantitative estimate of drug-likeness (QED) is 0.882. The SMILES string of the molecule is CC1CCCCC1CNC(=O)c1c(O)cccc1F. The van der Waals surface area contributed by atoms with E-state index in [0.717, 1.165) is 6.42 Å². The third-order valence-electron chi connectivity index (χ3n) is 4.03. The molecule has 1 aliphatic carbocycles. The monoisotopic (exact) mass is 265 g/mol. The molecule has 1 fully saturated rings. The van der Waals surface area contributed by atoms with Gasteiger partial charge in [-0.1, -0.05) is 32.3 Å². The molecule has 1 amide bonds. The van der Waals surface area contributed by atoms with Crippen molar-refractivity contribution in [1.82, 2.24) is 5.32 Å². The number of nitrogens with one attached hydrogen (secondary N) is 1. The van der Waals surface area contributed by atoms with Crippen molar-refractivity contribution < 1.29 is 14.3 Å². The molecule has 1 aromatic rings. The fraction of sp³-hybridized carbons (Fsp3) is 0.533. The average Bonchev–Trinajstić information content (AvgIpc) is 2.37. The normalized spacial score (nSPS) is 23.1. The fourth-order valence-electron chi connectivity index (χ4n) is 2.75. The van der Waals surface area contributed by atoms with Gasteiger partial charge in [0.15, 0.2) is 0 Å². The van der Waals surface area contributed by atoms with E-state index in [2.05, 4.69) is 12.2 Å². The Kier molecular flexibility index (Phi) is 4.40. The predicted octanol–water partition coefficient (Wildman–Crippen LogP) is 3.09. The number of hydrogen-bond donors (Lipinski definition) is 2. The van der Waals surface area contributed by atoms with Crippen LogP contribution in [0.25, 0.3) is 0 Å². The van der Waals surface area contributed by atoms with Gasteiger partial charge in [-0.25, -0.2) is 4.39 Å². The lowest BCUT2D eigenvalue weighted by Crippen LogP contribution is -2.33. The van der Waals surface area contributed by atoms with Gasteiger partial charge in [0.1, 0.15) is 17.1 Å². The number of halogens is 1. The molecular weight excluding hydrogens is 245 g/mol. The molecule has 104 valence electrons. The van der Waals surface area contributed by atoms with Crippen molar-refractivity contribution in [3.63, 3.8) is 0 Å². The first kappa shape index (κ1) is 13.8. The molecule has 0 radical (unpaired) electrons. The van der Waals surface area contributed by atoms with E-state index in [-0.39, 0.29) is 11.3 Å². The predicted molar refractivity (Wildman–Crippen MR) is 71.5 cm³/mol. The molecule has 4 heteroatoms. The van der Waals surface area contributed by atoms with Crippen LogP contribution in [0.2, 0.25) is 0 Å². The van der Waals surface area contributed by atoms with Crippen LogP contribution in [0.4, 0.5) is 4.39 Å². The zero-order chi connectivity index (χ0) is 13.8. The summed E-state index contributed by atoms with van der Waals surface area (Å²) in [6.45, 7) is 2.74. The van der Waals surface area contributed by atoms with Gasteiger partial charge in [0.2, 0.25) is 0 Å². The summed E-state index contributed by atoms with van der Waals surface area (Å²) < 4.78 is 13.5. The molecule has 2 N–H and O–H groups in total. The molecule has 0 bridgehead atoms. The van der Waals surface area contributed by atoms with E-state index < -0.39 is 11.7 Å². The topological polar surface area (TPSA) is 49.3 Å². The first-order chi connectivity index (χ1) is 9.09. The fourth-order valence-corrected chi connectivity index (χ4v) is 2.75. The first-order valence-electron chi connectivity index (χ1n) is 6.85. The summed E-state index contributed by atoms with van der Waals surface area (Å²) in [6.07, 6.45) is 4.73. The lowest BCUT2D eigenvalue weighted by molar-refractivity contribution is 0.0929. The maximum atomic E-state index is 13.5. The number of phenolic OH excluding ortho intramolecular Hbond substituents is 1. The largest absolute Gasteiger partial charge is 0.507 e. The third-order valence-corrected chi connectivity index (χ3v) is 4.03. The van der Waals surface area contributed by atoms with Crippen LogP contribution in [0.3, 0.4) is 0 Å². The zero-order valence-corrected chi connectivity index (χ0v) is 11.2. The average molecular weight is 265 g/mol. The molecule has 0 aliphatic heterocycles. The van der Waals surface area contributed by atoms with E-state index in [4.69, 9.17) is 0 Å². The van der Waals surface area contributed by atoms with Crippen LogP contribution in [0.15, 0.2) is 18.2 Å². The van der Waals surface area contributed by atoms with E-state index in [9.17, 15) is 14.3 Å². The maximum absolute atomic E-state index is 13.5. The molecule has 1 aliphatic rings. The highest BCUT2D eigenvalue weighted by molar-refractivity contribution is 5.97. The lowest BCUT2D eigenvalue weighted by atomic mass is 9.80. The molecule has 1 saturated carbocycles. The number of carbonyl (C=O) groups is 1. The van der Waals surface area contributed by atoms with Gasteiger partial charge < -0.3 is 10.4 Å². The lowest BCUT2D eigenvalue weighted by Gasteiger charge is -2.28. The third kappa shape index (κ3) is 3.25. The first-order valence-corrected chi connectivity index (χ1v) is 6.85. The van der Waals surface area contributed by atoms with Crippen molar-refractivity contribution in [1.29, 1.82) is 0 Å². The van der Waals surface area contributed by atoms with Crippen LogP contribution >= 0.6 is 0 Å². The highest BCUT2D eigenvalue weighted by Crippen LogP contribution is 2.29. The van der Waals surface area contributed by atoms with Gasteiger partial charge in [-0.05, 0) is 30.4 Å². The van der Waals surface area contributed by atoms with Crippen LogP contribution in [-0.4, -0.2) is 17.6 Å².